The number of aryl methyl sites for hydroxylation is 1. The highest BCUT2D eigenvalue weighted by Crippen LogP contribution is 2.15. The number of carbonyl (C=O) groups is 1. The number of hydrogen-bond acceptors (Lipinski definition) is 3. The number of carbonyl (C=O) groups excluding carboxylic acids is 1. The van der Waals surface area contributed by atoms with Crippen molar-refractivity contribution in [1.29, 1.82) is 0 Å². The van der Waals surface area contributed by atoms with Crippen LogP contribution < -0.4 is 0 Å². The predicted molar refractivity (Wildman–Crippen MR) is 71.5 cm³/mol. The topological polar surface area (TPSA) is 39.2 Å². The van der Waals surface area contributed by atoms with Gasteiger partial charge >= 0.3 is 0 Å². The van der Waals surface area contributed by atoms with Crippen LogP contribution in [-0.4, -0.2) is 24.0 Å². The predicted octanol–water partition coefficient (Wildman–Crippen LogP) is 2.77. The summed E-state index contributed by atoms with van der Waals surface area (Å²) in [6.45, 7) is 2.48. The number of fused-ring (bicyclic) bond motifs is 1. The molecule has 0 aliphatic rings. The molecule has 0 saturated carbocycles. The molecule has 1 heterocycles. The molecule has 0 amide bonds. The van der Waals surface area contributed by atoms with Crippen molar-refractivity contribution in [2.45, 2.75) is 25.9 Å². The third-order valence-electron chi connectivity index (χ3n) is 2.92. The van der Waals surface area contributed by atoms with Crippen molar-refractivity contribution >= 4 is 17.2 Å². The maximum absolute atomic E-state index is 10.8. The first-order valence-corrected chi connectivity index (χ1v) is 6.24. The molecule has 1 aromatic carbocycles. The second kappa shape index (κ2) is 6.26. The lowest BCUT2D eigenvalue weighted by Crippen LogP contribution is -2.15. The van der Waals surface area contributed by atoms with Crippen molar-refractivity contribution in [2.75, 3.05) is 6.61 Å². The smallest absolute Gasteiger partial charge is 0.148 e. The first-order valence-electron chi connectivity index (χ1n) is 6.24. The Hall–Kier alpha value is -1.74. The first-order chi connectivity index (χ1) is 8.83. The number of benzene rings is 1. The molecule has 1 atom stereocenters. The zero-order valence-electron chi connectivity index (χ0n) is 10.5. The number of nitrogens with zero attached hydrogens (tertiary/aromatic N) is 1. The van der Waals surface area contributed by atoms with Gasteiger partial charge in [-0.15, -0.1) is 0 Å². The van der Waals surface area contributed by atoms with Crippen LogP contribution in [0.3, 0.4) is 0 Å². The van der Waals surface area contributed by atoms with Crippen LogP contribution in [-0.2, 0) is 16.0 Å². The summed E-state index contributed by atoms with van der Waals surface area (Å²) in [5.74, 6) is 0. The molecule has 1 aromatic heterocycles. The Kier molecular flexibility index (Phi) is 4.42. The summed E-state index contributed by atoms with van der Waals surface area (Å²) in [5.41, 5.74) is 2.21. The van der Waals surface area contributed by atoms with Crippen LogP contribution in [0.1, 0.15) is 18.9 Å². The van der Waals surface area contributed by atoms with Gasteiger partial charge < -0.3 is 9.53 Å². The molecule has 0 N–H and O–H groups in total. The summed E-state index contributed by atoms with van der Waals surface area (Å²) in [7, 11) is 0. The molecular formula is C15H17NO2. The molecule has 0 spiro atoms. The zero-order chi connectivity index (χ0) is 12.8. The van der Waals surface area contributed by atoms with E-state index in [-0.39, 0.29) is 6.10 Å². The Labute approximate surface area is 107 Å². The molecule has 3 nitrogen and oxygen atoms in total. The summed E-state index contributed by atoms with van der Waals surface area (Å²) in [4.78, 5) is 15.1. The van der Waals surface area contributed by atoms with E-state index in [1.807, 2.05) is 25.1 Å². The largest absolute Gasteiger partial charge is 0.371 e. The van der Waals surface area contributed by atoms with Gasteiger partial charge in [-0.25, -0.2) is 0 Å². The fourth-order valence-electron chi connectivity index (χ4n) is 1.99. The van der Waals surface area contributed by atoms with Gasteiger partial charge in [-0.1, -0.05) is 12.1 Å². The van der Waals surface area contributed by atoms with Gasteiger partial charge in [-0.3, -0.25) is 4.98 Å². The van der Waals surface area contributed by atoms with Crippen LogP contribution in [0.4, 0.5) is 0 Å². The minimum Gasteiger partial charge on any atom is -0.371 e. The van der Waals surface area contributed by atoms with Crippen LogP contribution in [0, 0.1) is 0 Å². The molecular weight excluding hydrogens is 226 g/mol. The van der Waals surface area contributed by atoms with Gasteiger partial charge in [-0.2, -0.15) is 0 Å². The molecule has 0 fully saturated rings. The lowest BCUT2D eigenvalue weighted by molar-refractivity contribution is -0.118. The molecule has 1 unspecified atom stereocenters. The van der Waals surface area contributed by atoms with E-state index in [2.05, 4.69) is 17.1 Å². The summed E-state index contributed by atoms with van der Waals surface area (Å²) < 4.78 is 5.32. The van der Waals surface area contributed by atoms with Crippen LogP contribution in [0.5, 0.6) is 0 Å². The minimum atomic E-state index is -0.292. The molecule has 2 rings (SSSR count). The van der Waals surface area contributed by atoms with Crippen LogP contribution in [0.15, 0.2) is 36.5 Å². The van der Waals surface area contributed by atoms with E-state index in [1.54, 1.807) is 6.20 Å². The quantitative estimate of drug-likeness (QED) is 0.732. The van der Waals surface area contributed by atoms with Crippen molar-refractivity contribution in [3.63, 3.8) is 0 Å². The molecule has 2 aromatic rings. The second-order valence-electron chi connectivity index (χ2n) is 4.20. The third kappa shape index (κ3) is 3.14. The molecule has 0 aliphatic carbocycles. The van der Waals surface area contributed by atoms with E-state index in [9.17, 15) is 4.79 Å². The zero-order valence-corrected chi connectivity index (χ0v) is 10.5. The van der Waals surface area contributed by atoms with Gasteiger partial charge in [0.1, 0.15) is 12.4 Å². The van der Waals surface area contributed by atoms with E-state index in [0.29, 0.717) is 6.61 Å². The summed E-state index contributed by atoms with van der Waals surface area (Å²) in [6, 6.07) is 10.2. The highest BCUT2D eigenvalue weighted by atomic mass is 16.5. The maximum atomic E-state index is 10.8. The molecule has 18 heavy (non-hydrogen) atoms. The lowest BCUT2D eigenvalue weighted by atomic mass is 10.0. The van der Waals surface area contributed by atoms with Gasteiger partial charge in [0, 0.05) is 18.2 Å². The second-order valence-corrected chi connectivity index (χ2v) is 4.20. The number of hydrogen-bond donors (Lipinski definition) is 0. The number of ether oxygens (including phenoxy) is 1. The normalized spacial score (nSPS) is 12.5. The Morgan fingerprint density at radius 3 is 3.06 bits per heavy atom. The highest BCUT2D eigenvalue weighted by molar-refractivity contribution is 5.78. The van der Waals surface area contributed by atoms with Gasteiger partial charge in [0.25, 0.3) is 0 Å². The van der Waals surface area contributed by atoms with Gasteiger partial charge in [0.2, 0.25) is 0 Å². The Bertz CT molecular complexity index is 525. The standard InChI is InChI=1S/C15H17NO2/c1-2-18-14(11-17)7-5-12-6-8-15-13(10-12)4-3-9-16-15/h3-4,6,8-11,14H,2,5,7H2,1H3. The first kappa shape index (κ1) is 12.7. The number of aromatic nitrogens is 1. The molecule has 0 saturated heterocycles. The van der Waals surface area contributed by atoms with Crippen LogP contribution >= 0.6 is 0 Å². The van der Waals surface area contributed by atoms with Crippen molar-refractivity contribution in [3.8, 4) is 0 Å². The van der Waals surface area contributed by atoms with E-state index < -0.39 is 0 Å². The molecule has 0 aliphatic heterocycles. The average Bonchev–Trinajstić information content (AvgIpc) is 2.43. The van der Waals surface area contributed by atoms with Gasteiger partial charge in [-0.05, 0) is 43.5 Å². The minimum absolute atomic E-state index is 0.292. The third-order valence-corrected chi connectivity index (χ3v) is 2.92. The Morgan fingerprint density at radius 1 is 1.39 bits per heavy atom. The van der Waals surface area contributed by atoms with Crippen molar-refractivity contribution in [3.05, 3.63) is 42.1 Å². The summed E-state index contributed by atoms with van der Waals surface area (Å²) in [5, 5.41) is 1.13. The van der Waals surface area contributed by atoms with Crippen LogP contribution in [0.25, 0.3) is 10.9 Å². The molecule has 3 heteroatoms. The van der Waals surface area contributed by atoms with E-state index in [4.69, 9.17) is 4.74 Å². The van der Waals surface area contributed by atoms with Gasteiger partial charge in [0.05, 0.1) is 5.52 Å². The Morgan fingerprint density at radius 2 is 2.28 bits per heavy atom. The SMILES string of the molecule is CCOC(C=O)CCc1ccc2ncccc2c1. The fraction of sp³-hybridized carbons (Fsp3) is 0.333. The van der Waals surface area contributed by atoms with E-state index >= 15 is 0 Å². The van der Waals surface area contributed by atoms with Gasteiger partial charge in [0.15, 0.2) is 0 Å². The number of aldehydes is 1. The maximum Gasteiger partial charge on any atom is 0.148 e. The summed E-state index contributed by atoms with van der Waals surface area (Å²) in [6.07, 6.45) is 3.95. The van der Waals surface area contributed by atoms with Crippen molar-refractivity contribution in [1.82, 2.24) is 4.98 Å². The monoisotopic (exact) mass is 243 g/mol. The lowest BCUT2D eigenvalue weighted by Gasteiger charge is -2.10. The summed E-state index contributed by atoms with van der Waals surface area (Å²) >= 11 is 0. The van der Waals surface area contributed by atoms with Crippen molar-refractivity contribution < 1.29 is 9.53 Å². The highest BCUT2D eigenvalue weighted by Gasteiger charge is 2.07. The molecule has 0 bridgehead atoms. The molecule has 0 radical (unpaired) electrons. The number of rotatable bonds is 6. The van der Waals surface area contributed by atoms with E-state index in [1.165, 1.54) is 5.56 Å². The van der Waals surface area contributed by atoms with Crippen molar-refractivity contribution in [2.24, 2.45) is 0 Å². The van der Waals surface area contributed by atoms with E-state index in [0.717, 1.165) is 30.0 Å². The molecule has 94 valence electrons. The van der Waals surface area contributed by atoms with Crippen LogP contribution in [0.2, 0.25) is 0 Å². The number of pyridine rings is 1. The average molecular weight is 243 g/mol. The fourth-order valence-corrected chi connectivity index (χ4v) is 1.99. The Balaban J connectivity index is 2.05.